The molecule has 0 aliphatic rings. The molecule has 1 atom stereocenters. The number of hydrogen-bond acceptors (Lipinski definition) is 1. The van der Waals surface area contributed by atoms with Crippen molar-refractivity contribution in [3.8, 4) is 0 Å². The highest BCUT2D eigenvalue weighted by Gasteiger charge is 2.05. The molecule has 0 heterocycles. The summed E-state index contributed by atoms with van der Waals surface area (Å²) in [5.74, 6) is 0. The van der Waals surface area contributed by atoms with E-state index in [0.717, 1.165) is 10.0 Å². The van der Waals surface area contributed by atoms with Crippen LogP contribution in [-0.4, -0.2) is 0 Å². The average molecular weight is 226 g/mol. The molecule has 1 rings (SSSR count). The van der Waals surface area contributed by atoms with Gasteiger partial charge in [0.25, 0.3) is 0 Å². The van der Waals surface area contributed by atoms with Gasteiger partial charge in [-0.05, 0) is 18.6 Å². The third-order valence-electron chi connectivity index (χ3n) is 1.76. The lowest BCUT2D eigenvalue weighted by atomic mass is 10.1. The molecular formula is C10H12BrN. The fourth-order valence-corrected chi connectivity index (χ4v) is 1.56. The zero-order valence-electron chi connectivity index (χ0n) is 7.05. The van der Waals surface area contributed by atoms with Crippen molar-refractivity contribution >= 4 is 15.9 Å². The zero-order chi connectivity index (χ0) is 9.14. The normalized spacial score (nSPS) is 12.6. The van der Waals surface area contributed by atoms with E-state index in [2.05, 4.69) is 28.6 Å². The van der Waals surface area contributed by atoms with Gasteiger partial charge in [-0.2, -0.15) is 0 Å². The van der Waals surface area contributed by atoms with Gasteiger partial charge in [-0.15, -0.1) is 6.58 Å². The van der Waals surface area contributed by atoms with Crippen LogP contribution < -0.4 is 5.73 Å². The number of aryl methyl sites for hydroxylation is 1. The molecule has 0 amide bonds. The van der Waals surface area contributed by atoms with E-state index in [1.807, 2.05) is 19.1 Å². The summed E-state index contributed by atoms with van der Waals surface area (Å²) in [7, 11) is 0. The van der Waals surface area contributed by atoms with Crippen LogP contribution in [-0.2, 0) is 0 Å². The van der Waals surface area contributed by atoms with Crippen LogP contribution in [0.2, 0.25) is 0 Å². The molecule has 0 fully saturated rings. The molecule has 64 valence electrons. The van der Waals surface area contributed by atoms with E-state index in [0.29, 0.717) is 0 Å². The van der Waals surface area contributed by atoms with Gasteiger partial charge in [0.2, 0.25) is 0 Å². The van der Waals surface area contributed by atoms with E-state index in [4.69, 9.17) is 5.73 Å². The van der Waals surface area contributed by atoms with E-state index >= 15 is 0 Å². The minimum absolute atomic E-state index is 0.0840. The molecule has 0 bridgehead atoms. The van der Waals surface area contributed by atoms with Crippen LogP contribution in [0, 0.1) is 6.92 Å². The van der Waals surface area contributed by atoms with Crippen molar-refractivity contribution in [1.29, 1.82) is 0 Å². The van der Waals surface area contributed by atoms with Crippen molar-refractivity contribution in [1.82, 2.24) is 0 Å². The third kappa shape index (κ3) is 1.96. The van der Waals surface area contributed by atoms with Crippen molar-refractivity contribution in [2.24, 2.45) is 5.73 Å². The summed E-state index contributed by atoms with van der Waals surface area (Å²) in [5.41, 5.74) is 8.12. The van der Waals surface area contributed by atoms with E-state index in [1.54, 1.807) is 6.08 Å². The summed E-state index contributed by atoms with van der Waals surface area (Å²) >= 11 is 3.44. The molecule has 0 radical (unpaired) electrons. The second-order valence-corrected chi connectivity index (χ2v) is 3.64. The maximum atomic E-state index is 5.82. The Balaban J connectivity index is 3.12. The van der Waals surface area contributed by atoms with Crippen LogP contribution in [0.3, 0.4) is 0 Å². The van der Waals surface area contributed by atoms with Crippen molar-refractivity contribution in [3.63, 3.8) is 0 Å². The summed E-state index contributed by atoms with van der Waals surface area (Å²) in [4.78, 5) is 0. The summed E-state index contributed by atoms with van der Waals surface area (Å²) in [6.45, 7) is 5.71. The Morgan fingerprint density at radius 2 is 2.25 bits per heavy atom. The van der Waals surface area contributed by atoms with Crippen LogP contribution in [0.1, 0.15) is 17.2 Å². The van der Waals surface area contributed by atoms with E-state index in [9.17, 15) is 0 Å². The van der Waals surface area contributed by atoms with Crippen LogP contribution in [0.25, 0.3) is 0 Å². The zero-order valence-corrected chi connectivity index (χ0v) is 8.64. The van der Waals surface area contributed by atoms with Gasteiger partial charge >= 0.3 is 0 Å². The monoisotopic (exact) mass is 225 g/mol. The summed E-state index contributed by atoms with van der Waals surface area (Å²) in [6, 6.07) is 6.03. The van der Waals surface area contributed by atoms with Crippen LogP contribution in [0.4, 0.5) is 0 Å². The van der Waals surface area contributed by atoms with Gasteiger partial charge in [0.05, 0.1) is 0 Å². The van der Waals surface area contributed by atoms with Crippen molar-refractivity contribution in [2.45, 2.75) is 13.0 Å². The molecule has 0 saturated carbocycles. The largest absolute Gasteiger partial charge is 0.321 e. The predicted octanol–water partition coefficient (Wildman–Crippen LogP) is 2.94. The molecule has 0 aliphatic carbocycles. The molecule has 0 spiro atoms. The Morgan fingerprint density at radius 1 is 1.58 bits per heavy atom. The maximum Gasteiger partial charge on any atom is 0.0489 e. The van der Waals surface area contributed by atoms with Crippen LogP contribution >= 0.6 is 15.9 Å². The molecule has 0 saturated heterocycles. The molecule has 0 aromatic heterocycles. The lowest BCUT2D eigenvalue weighted by Crippen LogP contribution is -2.07. The first-order chi connectivity index (χ1) is 5.65. The van der Waals surface area contributed by atoms with Crippen LogP contribution in [0.15, 0.2) is 35.3 Å². The first-order valence-corrected chi connectivity index (χ1v) is 4.58. The Hall–Kier alpha value is -0.600. The average Bonchev–Trinajstić information content (AvgIpc) is 2.08. The molecule has 1 aromatic carbocycles. The first-order valence-electron chi connectivity index (χ1n) is 3.79. The highest BCUT2D eigenvalue weighted by atomic mass is 79.9. The summed E-state index contributed by atoms with van der Waals surface area (Å²) < 4.78 is 1.04. The number of halogens is 1. The minimum Gasteiger partial charge on any atom is -0.321 e. The predicted molar refractivity (Wildman–Crippen MR) is 56.0 cm³/mol. The number of hydrogen-bond donors (Lipinski definition) is 1. The molecule has 12 heavy (non-hydrogen) atoms. The number of benzene rings is 1. The Labute approximate surface area is 81.4 Å². The minimum atomic E-state index is -0.0840. The fraction of sp³-hybridized carbons (Fsp3) is 0.200. The van der Waals surface area contributed by atoms with Gasteiger partial charge in [-0.3, -0.25) is 0 Å². The van der Waals surface area contributed by atoms with Gasteiger partial charge in [-0.1, -0.05) is 39.7 Å². The Morgan fingerprint density at radius 3 is 2.83 bits per heavy atom. The Kier molecular flexibility index (Phi) is 3.06. The maximum absolute atomic E-state index is 5.82. The van der Waals surface area contributed by atoms with Gasteiger partial charge in [0.1, 0.15) is 0 Å². The second-order valence-electron chi connectivity index (χ2n) is 2.79. The van der Waals surface area contributed by atoms with Gasteiger partial charge in [-0.25, -0.2) is 0 Å². The summed E-state index contributed by atoms with van der Waals surface area (Å²) in [6.07, 6.45) is 1.74. The second kappa shape index (κ2) is 3.87. The molecule has 1 nitrogen and oxygen atoms in total. The molecule has 1 aromatic rings. The molecule has 0 unspecified atom stereocenters. The topological polar surface area (TPSA) is 26.0 Å². The molecule has 2 heteroatoms. The van der Waals surface area contributed by atoms with E-state index in [1.165, 1.54) is 5.56 Å². The third-order valence-corrected chi connectivity index (χ3v) is 2.49. The highest BCUT2D eigenvalue weighted by Crippen LogP contribution is 2.23. The number of rotatable bonds is 2. The lowest BCUT2D eigenvalue weighted by Gasteiger charge is -2.09. The van der Waals surface area contributed by atoms with Crippen molar-refractivity contribution in [3.05, 3.63) is 46.5 Å². The number of nitrogens with two attached hydrogens (primary N) is 1. The lowest BCUT2D eigenvalue weighted by molar-refractivity contribution is 0.905. The summed E-state index contributed by atoms with van der Waals surface area (Å²) in [5, 5.41) is 0. The van der Waals surface area contributed by atoms with Crippen LogP contribution in [0.5, 0.6) is 0 Å². The van der Waals surface area contributed by atoms with Gasteiger partial charge in [0.15, 0.2) is 0 Å². The molecule has 0 aliphatic heterocycles. The quantitative estimate of drug-likeness (QED) is 0.771. The smallest absolute Gasteiger partial charge is 0.0489 e. The van der Waals surface area contributed by atoms with Crippen molar-refractivity contribution < 1.29 is 0 Å². The molecular weight excluding hydrogens is 214 g/mol. The fourth-order valence-electron chi connectivity index (χ4n) is 1.05. The first kappa shape index (κ1) is 9.49. The molecule has 2 N–H and O–H groups in total. The van der Waals surface area contributed by atoms with E-state index in [-0.39, 0.29) is 6.04 Å². The standard InChI is InChI=1S/C10H12BrN/c1-3-10(12)8-6-7(2)4-5-9(8)11/h3-6,10H,1,12H2,2H3/t10-/m0/s1. The van der Waals surface area contributed by atoms with Gasteiger partial charge < -0.3 is 5.73 Å². The highest BCUT2D eigenvalue weighted by molar-refractivity contribution is 9.10. The van der Waals surface area contributed by atoms with E-state index < -0.39 is 0 Å². The van der Waals surface area contributed by atoms with Crippen molar-refractivity contribution in [2.75, 3.05) is 0 Å². The SMILES string of the molecule is C=C[C@H](N)c1cc(C)ccc1Br. The Bertz CT molecular complexity index is 294. The van der Waals surface area contributed by atoms with Gasteiger partial charge in [0, 0.05) is 10.5 Å².